The van der Waals surface area contributed by atoms with Crippen LogP contribution in [0.5, 0.6) is 0 Å². The molecule has 128 valence electrons. The van der Waals surface area contributed by atoms with Gasteiger partial charge in [0.2, 0.25) is 0 Å². The summed E-state index contributed by atoms with van der Waals surface area (Å²) in [6.45, 7) is 5.49. The molecule has 0 radical (unpaired) electrons. The number of carbonyl (C=O) groups excluding carboxylic acids is 2. The van der Waals surface area contributed by atoms with Crippen molar-refractivity contribution in [3.05, 3.63) is 41.4 Å². The Bertz CT molecular complexity index is 725. The lowest BCUT2D eigenvalue weighted by atomic mass is 9.96. The second-order valence-electron chi connectivity index (χ2n) is 5.47. The summed E-state index contributed by atoms with van der Waals surface area (Å²) in [6, 6.07) is 3.51. The minimum atomic E-state index is -0.926. The molecule has 0 saturated carbocycles. The average molecular weight is 349 g/mol. The Kier molecular flexibility index (Phi) is 5.61. The average Bonchev–Trinajstić information content (AvgIpc) is 3.05. The third-order valence-corrected chi connectivity index (χ3v) is 4.11. The molecule has 0 fully saturated rings. The SMILES string of the molecule is CCSc1ccc(C(=O)NC(C)(C)c2nocc2C(=O)OC)cn1. The minimum Gasteiger partial charge on any atom is -0.465 e. The molecule has 0 atom stereocenters. The zero-order valence-corrected chi connectivity index (χ0v) is 14.8. The van der Waals surface area contributed by atoms with Crippen LogP contribution in [0.25, 0.3) is 0 Å². The van der Waals surface area contributed by atoms with Crippen LogP contribution in [0, 0.1) is 0 Å². The Morgan fingerprint density at radius 2 is 2.12 bits per heavy atom. The number of aromatic nitrogens is 2. The van der Waals surface area contributed by atoms with Crippen molar-refractivity contribution < 1.29 is 18.8 Å². The molecular formula is C16H19N3O4S. The van der Waals surface area contributed by atoms with Crippen molar-refractivity contribution in [2.24, 2.45) is 0 Å². The monoisotopic (exact) mass is 349 g/mol. The first-order valence-electron chi connectivity index (χ1n) is 7.33. The van der Waals surface area contributed by atoms with Gasteiger partial charge in [-0.2, -0.15) is 0 Å². The van der Waals surface area contributed by atoms with E-state index in [0.717, 1.165) is 10.8 Å². The Morgan fingerprint density at radius 1 is 1.38 bits per heavy atom. The van der Waals surface area contributed by atoms with Crippen LogP contribution in [-0.2, 0) is 10.3 Å². The molecule has 24 heavy (non-hydrogen) atoms. The Labute approximate surface area is 144 Å². The molecule has 2 rings (SSSR count). The van der Waals surface area contributed by atoms with Gasteiger partial charge in [0.15, 0.2) is 0 Å². The van der Waals surface area contributed by atoms with E-state index in [1.54, 1.807) is 37.7 Å². The summed E-state index contributed by atoms with van der Waals surface area (Å²) in [5.74, 6) is 0.0177. The third-order valence-electron chi connectivity index (χ3n) is 3.28. The number of pyridine rings is 1. The Balaban J connectivity index is 2.18. The highest BCUT2D eigenvalue weighted by Crippen LogP contribution is 2.24. The molecular weight excluding hydrogens is 330 g/mol. The fourth-order valence-electron chi connectivity index (χ4n) is 2.11. The molecule has 0 saturated heterocycles. The van der Waals surface area contributed by atoms with Crippen molar-refractivity contribution in [1.82, 2.24) is 15.5 Å². The van der Waals surface area contributed by atoms with Gasteiger partial charge < -0.3 is 14.6 Å². The second-order valence-corrected chi connectivity index (χ2v) is 6.75. The summed E-state index contributed by atoms with van der Waals surface area (Å²) >= 11 is 1.60. The first kappa shape index (κ1) is 18.0. The predicted molar refractivity (Wildman–Crippen MR) is 89.0 cm³/mol. The van der Waals surface area contributed by atoms with Gasteiger partial charge in [-0.1, -0.05) is 12.1 Å². The molecule has 2 aromatic heterocycles. The summed E-state index contributed by atoms with van der Waals surface area (Å²) in [7, 11) is 1.27. The Morgan fingerprint density at radius 3 is 2.71 bits per heavy atom. The van der Waals surface area contributed by atoms with E-state index in [9.17, 15) is 9.59 Å². The highest BCUT2D eigenvalue weighted by molar-refractivity contribution is 7.99. The molecule has 8 heteroatoms. The summed E-state index contributed by atoms with van der Waals surface area (Å²) in [6.07, 6.45) is 2.72. The van der Waals surface area contributed by atoms with E-state index in [2.05, 4.69) is 15.5 Å². The molecule has 0 unspecified atom stereocenters. The molecule has 0 aromatic carbocycles. The zero-order chi connectivity index (χ0) is 17.7. The lowest BCUT2D eigenvalue weighted by molar-refractivity contribution is 0.0595. The van der Waals surface area contributed by atoms with Gasteiger partial charge in [-0.3, -0.25) is 4.79 Å². The fraction of sp³-hybridized carbons (Fsp3) is 0.375. The summed E-state index contributed by atoms with van der Waals surface area (Å²) in [5, 5.41) is 7.52. The maximum absolute atomic E-state index is 12.4. The molecule has 0 aliphatic rings. The predicted octanol–water partition coefficient (Wildman–Crippen LogP) is 2.63. The maximum Gasteiger partial charge on any atom is 0.343 e. The quantitative estimate of drug-likeness (QED) is 0.633. The fourth-order valence-corrected chi connectivity index (χ4v) is 2.69. The second kappa shape index (κ2) is 7.48. The molecule has 2 heterocycles. The van der Waals surface area contributed by atoms with E-state index in [1.807, 2.05) is 6.92 Å². The molecule has 0 aliphatic carbocycles. The van der Waals surface area contributed by atoms with Crippen LogP contribution >= 0.6 is 11.8 Å². The summed E-state index contributed by atoms with van der Waals surface area (Å²) in [4.78, 5) is 28.4. The number of methoxy groups -OCH3 is 1. The molecule has 1 amide bonds. The molecule has 1 N–H and O–H groups in total. The topological polar surface area (TPSA) is 94.3 Å². The molecule has 7 nitrogen and oxygen atoms in total. The van der Waals surface area contributed by atoms with Crippen LogP contribution in [0.15, 0.2) is 34.1 Å². The first-order valence-corrected chi connectivity index (χ1v) is 8.32. The number of rotatable bonds is 6. The molecule has 0 aliphatic heterocycles. The lowest BCUT2D eigenvalue weighted by Crippen LogP contribution is -2.42. The van der Waals surface area contributed by atoms with E-state index in [1.165, 1.54) is 19.6 Å². The van der Waals surface area contributed by atoms with Gasteiger partial charge >= 0.3 is 5.97 Å². The number of carbonyl (C=O) groups is 2. The maximum atomic E-state index is 12.4. The number of hydrogen-bond donors (Lipinski definition) is 1. The number of esters is 1. The van der Waals surface area contributed by atoms with Crippen LogP contribution in [-0.4, -0.2) is 34.9 Å². The highest BCUT2D eigenvalue weighted by atomic mass is 32.2. The smallest absolute Gasteiger partial charge is 0.343 e. The summed E-state index contributed by atoms with van der Waals surface area (Å²) < 4.78 is 9.56. The number of amides is 1. The van der Waals surface area contributed by atoms with Gasteiger partial charge in [0.1, 0.15) is 17.5 Å². The van der Waals surface area contributed by atoms with Crippen LogP contribution < -0.4 is 5.32 Å². The zero-order valence-electron chi connectivity index (χ0n) is 14.0. The van der Waals surface area contributed by atoms with Gasteiger partial charge in [-0.15, -0.1) is 11.8 Å². The van der Waals surface area contributed by atoms with E-state index in [4.69, 9.17) is 9.26 Å². The normalized spacial score (nSPS) is 11.2. The van der Waals surface area contributed by atoms with Gasteiger partial charge in [-0.25, -0.2) is 9.78 Å². The van der Waals surface area contributed by atoms with Crippen LogP contribution in [0.2, 0.25) is 0 Å². The van der Waals surface area contributed by atoms with Crippen molar-refractivity contribution in [2.45, 2.75) is 31.3 Å². The van der Waals surface area contributed by atoms with E-state index in [0.29, 0.717) is 11.3 Å². The van der Waals surface area contributed by atoms with Crippen LogP contribution in [0.3, 0.4) is 0 Å². The number of thioether (sulfide) groups is 1. The largest absolute Gasteiger partial charge is 0.465 e. The standard InChI is InChI=1S/C16H19N3O4S/c1-5-24-12-7-6-10(8-17-12)14(20)18-16(2,3)13-11(9-23-19-13)15(21)22-4/h6-9H,5H2,1-4H3,(H,18,20). The number of ether oxygens (including phenoxy) is 1. The number of nitrogens with one attached hydrogen (secondary N) is 1. The molecule has 0 bridgehead atoms. The first-order chi connectivity index (χ1) is 11.4. The van der Waals surface area contributed by atoms with E-state index < -0.39 is 11.5 Å². The summed E-state index contributed by atoms with van der Waals surface area (Å²) in [5.41, 5.74) is -0.0270. The van der Waals surface area contributed by atoms with Gasteiger partial charge in [-0.05, 0) is 31.7 Å². The Hall–Kier alpha value is -2.35. The van der Waals surface area contributed by atoms with Crippen LogP contribution in [0.4, 0.5) is 0 Å². The van der Waals surface area contributed by atoms with Crippen molar-refractivity contribution in [1.29, 1.82) is 0 Å². The minimum absolute atomic E-state index is 0.176. The van der Waals surface area contributed by atoms with Gasteiger partial charge in [0.05, 0.1) is 23.2 Å². The number of hydrogen-bond acceptors (Lipinski definition) is 7. The van der Waals surface area contributed by atoms with Crippen molar-refractivity contribution >= 4 is 23.6 Å². The highest BCUT2D eigenvalue weighted by Gasteiger charge is 2.32. The lowest BCUT2D eigenvalue weighted by Gasteiger charge is -2.24. The van der Waals surface area contributed by atoms with Gasteiger partial charge in [0.25, 0.3) is 5.91 Å². The van der Waals surface area contributed by atoms with Crippen LogP contribution in [0.1, 0.15) is 47.2 Å². The van der Waals surface area contributed by atoms with E-state index in [-0.39, 0.29) is 11.5 Å². The van der Waals surface area contributed by atoms with Gasteiger partial charge in [0, 0.05) is 6.20 Å². The molecule has 2 aromatic rings. The van der Waals surface area contributed by atoms with Crippen molar-refractivity contribution in [3.63, 3.8) is 0 Å². The third kappa shape index (κ3) is 3.94. The number of nitrogens with zero attached hydrogens (tertiary/aromatic N) is 2. The molecule has 0 spiro atoms. The van der Waals surface area contributed by atoms with E-state index >= 15 is 0 Å². The van der Waals surface area contributed by atoms with Crippen molar-refractivity contribution in [2.75, 3.05) is 12.9 Å². The van der Waals surface area contributed by atoms with Crippen molar-refractivity contribution in [3.8, 4) is 0 Å².